The molecule has 26 heavy (non-hydrogen) atoms. The Hall–Kier alpha value is -1.89. The number of benzene rings is 2. The molecule has 0 atom stereocenters. The highest BCUT2D eigenvalue weighted by Gasteiger charge is 2.17. The van der Waals surface area contributed by atoms with Gasteiger partial charge >= 0.3 is 0 Å². The van der Waals surface area contributed by atoms with Crippen LogP contribution in [-0.2, 0) is 0 Å². The second kappa shape index (κ2) is 8.66. The van der Waals surface area contributed by atoms with Crippen molar-refractivity contribution in [1.29, 1.82) is 0 Å². The summed E-state index contributed by atoms with van der Waals surface area (Å²) in [4.78, 5) is 24.8. The molecule has 3 rings (SSSR count). The van der Waals surface area contributed by atoms with Gasteiger partial charge in [-0.25, -0.2) is 0 Å². The molecule has 0 aliphatic heterocycles. The fraction of sp³-hybridized carbons (Fsp3) is 0.333. The van der Waals surface area contributed by atoms with Gasteiger partial charge in [-0.15, -0.1) is 0 Å². The van der Waals surface area contributed by atoms with E-state index >= 15 is 0 Å². The Labute approximate surface area is 167 Å². The van der Waals surface area contributed by atoms with Crippen molar-refractivity contribution in [2.75, 3.05) is 5.32 Å². The SMILES string of the molecule is Cc1cc(C(=O)NC2CCCCC2)ccc1NC(=O)c1ccc(I)cc1. The lowest BCUT2D eigenvalue weighted by molar-refractivity contribution is 0.0927. The minimum absolute atomic E-state index is 0.0319. The number of anilines is 1. The maximum absolute atomic E-state index is 12.5. The number of hydrogen-bond acceptors (Lipinski definition) is 2. The first-order valence-electron chi connectivity index (χ1n) is 9.01. The molecule has 0 aromatic heterocycles. The van der Waals surface area contributed by atoms with Crippen LogP contribution in [0.25, 0.3) is 0 Å². The van der Waals surface area contributed by atoms with Crippen molar-refractivity contribution < 1.29 is 9.59 Å². The third-order valence-corrected chi connectivity index (χ3v) is 5.50. The number of carbonyl (C=O) groups is 2. The van der Waals surface area contributed by atoms with Crippen LogP contribution < -0.4 is 10.6 Å². The van der Waals surface area contributed by atoms with Crippen LogP contribution in [0.15, 0.2) is 42.5 Å². The predicted molar refractivity (Wildman–Crippen MR) is 113 cm³/mol. The lowest BCUT2D eigenvalue weighted by atomic mass is 9.95. The Morgan fingerprint density at radius 1 is 0.923 bits per heavy atom. The monoisotopic (exact) mass is 462 g/mol. The summed E-state index contributed by atoms with van der Waals surface area (Å²) in [6, 6.07) is 13.1. The Balaban J connectivity index is 1.65. The first-order valence-corrected chi connectivity index (χ1v) is 10.1. The topological polar surface area (TPSA) is 58.2 Å². The van der Waals surface area contributed by atoms with Crippen LogP contribution in [0.4, 0.5) is 5.69 Å². The maximum Gasteiger partial charge on any atom is 0.255 e. The van der Waals surface area contributed by atoms with E-state index in [2.05, 4.69) is 33.2 Å². The van der Waals surface area contributed by atoms with E-state index in [4.69, 9.17) is 0 Å². The molecule has 0 saturated heterocycles. The molecule has 1 fully saturated rings. The molecule has 136 valence electrons. The molecule has 0 radical (unpaired) electrons. The zero-order chi connectivity index (χ0) is 18.5. The summed E-state index contributed by atoms with van der Waals surface area (Å²) in [5.74, 6) is -0.181. The van der Waals surface area contributed by atoms with Gasteiger partial charge < -0.3 is 10.6 Å². The molecule has 0 spiro atoms. The number of rotatable bonds is 4. The number of hydrogen-bond donors (Lipinski definition) is 2. The average Bonchev–Trinajstić information content (AvgIpc) is 2.64. The second-order valence-corrected chi connectivity index (χ2v) is 8.04. The van der Waals surface area contributed by atoms with Crippen molar-refractivity contribution in [3.05, 3.63) is 62.7 Å². The van der Waals surface area contributed by atoms with Gasteiger partial charge in [-0.2, -0.15) is 0 Å². The summed E-state index contributed by atoms with van der Waals surface area (Å²) in [6.45, 7) is 1.90. The highest BCUT2D eigenvalue weighted by atomic mass is 127. The van der Waals surface area contributed by atoms with Crippen LogP contribution in [0.1, 0.15) is 58.4 Å². The Morgan fingerprint density at radius 2 is 1.58 bits per heavy atom. The number of aryl methyl sites for hydroxylation is 1. The van der Waals surface area contributed by atoms with Crippen molar-refractivity contribution >= 4 is 40.1 Å². The van der Waals surface area contributed by atoms with Crippen LogP contribution >= 0.6 is 22.6 Å². The molecule has 0 heterocycles. The molecule has 2 aromatic rings. The molecule has 0 bridgehead atoms. The fourth-order valence-electron chi connectivity index (χ4n) is 3.26. The van der Waals surface area contributed by atoms with E-state index in [0.29, 0.717) is 11.1 Å². The quantitative estimate of drug-likeness (QED) is 0.635. The zero-order valence-electron chi connectivity index (χ0n) is 14.8. The number of nitrogens with one attached hydrogen (secondary N) is 2. The van der Waals surface area contributed by atoms with Crippen LogP contribution in [0, 0.1) is 10.5 Å². The van der Waals surface area contributed by atoms with Gasteiger partial charge in [-0.05, 0) is 90.4 Å². The van der Waals surface area contributed by atoms with Crippen molar-refractivity contribution in [2.45, 2.75) is 45.1 Å². The van der Waals surface area contributed by atoms with E-state index in [9.17, 15) is 9.59 Å². The fourth-order valence-corrected chi connectivity index (χ4v) is 3.62. The first-order chi connectivity index (χ1) is 12.5. The normalized spacial score (nSPS) is 14.7. The number of halogens is 1. The van der Waals surface area contributed by atoms with E-state index in [0.717, 1.165) is 27.7 Å². The van der Waals surface area contributed by atoms with Crippen molar-refractivity contribution in [3.8, 4) is 0 Å². The van der Waals surface area contributed by atoms with Gasteiger partial charge in [0.2, 0.25) is 0 Å². The Morgan fingerprint density at radius 3 is 2.23 bits per heavy atom. The minimum atomic E-state index is -0.149. The summed E-state index contributed by atoms with van der Waals surface area (Å²) >= 11 is 2.21. The molecule has 2 amide bonds. The Bertz CT molecular complexity index is 796. The smallest absolute Gasteiger partial charge is 0.255 e. The third kappa shape index (κ3) is 4.84. The van der Waals surface area contributed by atoms with Crippen LogP contribution in [-0.4, -0.2) is 17.9 Å². The van der Waals surface area contributed by atoms with Gasteiger partial charge in [-0.1, -0.05) is 19.3 Å². The minimum Gasteiger partial charge on any atom is -0.349 e. The Kier molecular flexibility index (Phi) is 6.29. The lowest BCUT2D eigenvalue weighted by Gasteiger charge is -2.23. The predicted octanol–water partition coefficient (Wildman–Crippen LogP) is 4.91. The van der Waals surface area contributed by atoms with Crippen molar-refractivity contribution in [2.24, 2.45) is 0 Å². The molecule has 0 unspecified atom stereocenters. The summed E-state index contributed by atoms with van der Waals surface area (Å²) in [5.41, 5.74) is 2.85. The molecular formula is C21H23IN2O2. The molecule has 1 saturated carbocycles. The average molecular weight is 462 g/mol. The van der Waals surface area contributed by atoms with Gasteiger partial charge in [0.1, 0.15) is 0 Å². The maximum atomic E-state index is 12.5. The van der Waals surface area contributed by atoms with E-state index in [1.165, 1.54) is 19.3 Å². The van der Waals surface area contributed by atoms with Gasteiger partial charge in [0.25, 0.3) is 11.8 Å². The van der Waals surface area contributed by atoms with Crippen LogP contribution in [0.3, 0.4) is 0 Å². The highest BCUT2D eigenvalue weighted by Crippen LogP contribution is 2.20. The van der Waals surface area contributed by atoms with E-state index < -0.39 is 0 Å². The lowest BCUT2D eigenvalue weighted by Crippen LogP contribution is -2.36. The van der Waals surface area contributed by atoms with Crippen LogP contribution in [0.2, 0.25) is 0 Å². The molecule has 2 aromatic carbocycles. The molecule has 1 aliphatic carbocycles. The second-order valence-electron chi connectivity index (χ2n) is 6.80. The standard InChI is InChI=1S/C21H23IN2O2/c1-14-13-16(21(26)23-18-5-3-2-4-6-18)9-12-19(14)24-20(25)15-7-10-17(22)11-8-15/h7-13,18H,2-6H2,1H3,(H,23,26)(H,24,25). The largest absolute Gasteiger partial charge is 0.349 e. The van der Waals surface area contributed by atoms with E-state index in [1.54, 1.807) is 24.3 Å². The first kappa shape index (κ1) is 18.9. The summed E-state index contributed by atoms with van der Waals surface area (Å²) in [6.07, 6.45) is 5.77. The molecule has 4 nitrogen and oxygen atoms in total. The number of carbonyl (C=O) groups excluding carboxylic acids is 2. The van der Waals surface area contributed by atoms with Gasteiger partial charge in [0.15, 0.2) is 0 Å². The van der Waals surface area contributed by atoms with E-state index in [-0.39, 0.29) is 17.9 Å². The van der Waals surface area contributed by atoms with E-state index in [1.807, 2.05) is 25.1 Å². The van der Waals surface area contributed by atoms with Gasteiger partial charge in [0.05, 0.1) is 0 Å². The highest BCUT2D eigenvalue weighted by molar-refractivity contribution is 14.1. The molecule has 1 aliphatic rings. The van der Waals surface area contributed by atoms with Crippen molar-refractivity contribution in [3.63, 3.8) is 0 Å². The zero-order valence-corrected chi connectivity index (χ0v) is 17.0. The summed E-state index contributed by atoms with van der Waals surface area (Å²) in [5, 5.41) is 6.05. The van der Waals surface area contributed by atoms with Gasteiger partial charge in [-0.3, -0.25) is 9.59 Å². The molecular weight excluding hydrogens is 439 g/mol. The molecule has 2 N–H and O–H groups in total. The third-order valence-electron chi connectivity index (χ3n) is 4.78. The summed E-state index contributed by atoms with van der Waals surface area (Å²) < 4.78 is 1.09. The molecule has 5 heteroatoms. The number of amides is 2. The van der Waals surface area contributed by atoms with Gasteiger partial charge in [0, 0.05) is 26.4 Å². The van der Waals surface area contributed by atoms with Crippen LogP contribution in [0.5, 0.6) is 0 Å². The summed E-state index contributed by atoms with van der Waals surface area (Å²) in [7, 11) is 0. The van der Waals surface area contributed by atoms with Crippen molar-refractivity contribution in [1.82, 2.24) is 5.32 Å².